The van der Waals surface area contributed by atoms with Crippen molar-refractivity contribution in [2.75, 3.05) is 17.6 Å². The van der Waals surface area contributed by atoms with E-state index in [9.17, 15) is 14.4 Å². The maximum atomic E-state index is 13.6. The normalized spacial score (nSPS) is 23.6. The number of hydrogen-bond donors (Lipinski definition) is 3. The summed E-state index contributed by atoms with van der Waals surface area (Å²) >= 11 is 0. The number of fused-ring (bicyclic) bond motifs is 2. The molecule has 2 aromatic heterocycles. The number of carbonyl (C=O) groups is 2. The molecule has 0 bridgehead atoms. The second kappa shape index (κ2) is 8.32. The highest BCUT2D eigenvalue weighted by atomic mass is 16.6. The first-order valence-corrected chi connectivity index (χ1v) is 12.2. The lowest BCUT2D eigenvalue weighted by molar-refractivity contribution is 0.0799. The second-order valence-electron chi connectivity index (χ2n) is 10.0. The number of aromatic nitrogens is 3. The highest BCUT2D eigenvalue weighted by Gasteiger charge is 2.61. The number of pyridine rings is 1. The Morgan fingerprint density at radius 3 is 2.62 bits per heavy atom. The van der Waals surface area contributed by atoms with E-state index in [0.717, 1.165) is 5.56 Å². The Bertz CT molecular complexity index is 1460. The topological polar surface area (TPSA) is 144 Å². The lowest BCUT2D eigenvalue weighted by Crippen LogP contribution is -2.51. The molecule has 2 spiro atoms. The summed E-state index contributed by atoms with van der Waals surface area (Å²) in [4.78, 5) is 49.1. The van der Waals surface area contributed by atoms with E-state index in [-0.39, 0.29) is 35.5 Å². The molecule has 3 aliphatic rings. The van der Waals surface area contributed by atoms with Crippen molar-refractivity contribution < 1.29 is 14.3 Å². The number of aryl methyl sites for hydroxylation is 1. The Kier molecular flexibility index (Phi) is 5.18. The minimum absolute atomic E-state index is 0.224. The molecule has 0 radical (unpaired) electrons. The number of carbonyl (C=O) groups excluding carboxylic acids is 2. The maximum absolute atomic E-state index is 13.6. The fourth-order valence-electron chi connectivity index (χ4n) is 5.65. The first-order valence-electron chi connectivity index (χ1n) is 12.2. The molecule has 1 saturated carbocycles. The average molecular weight is 502 g/mol. The molecule has 11 heteroatoms. The molecule has 6 rings (SSSR count). The number of rotatable bonds is 4. The summed E-state index contributed by atoms with van der Waals surface area (Å²) in [5.74, 6) is 0.400. The number of nitrogens with zero attached hydrogens (tertiary/aromatic N) is 4. The predicted octanol–water partition coefficient (Wildman–Crippen LogP) is 2.63. The van der Waals surface area contributed by atoms with Crippen LogP contribution in [0.25, 0.3) is 0 Å². The van der Waals surface area contributed by atoms with Crippen LogP contribution in [0.1, 0.15) is 47.3 Å². The summed E-state index contributed by atoms with van der Waals surface area (Å²) in [6.07, 6.45) is 3.33. The van der Waals surface area contributed by atoms with Crippen LogP contribution in [0.2, 0.25) is 0 Å². The molecule has 2 fully saturated rings. The van der Waals surface area contributed by atoms with E-state index < -0.39 is 5.66 Å². The minimum atomic E-state index is -0.843. The number of benzene rings is 1. The molecule has 0 unspecified atom stereocenters. The highest BCUT2D eigenvalue weighted by molar-refractivity contribution is 5.97. The molecule has 190 valence electrons. The largest absolute Gasteiger partial charge is 0.445 e. The van der Waals surface area contributed by atoms with E-state index in [1.54, 1.807) is 22.5 Å². The first-order chi connectivity index (χ1) is 17.8. The van der Waals surface area contributed by atoms with Gasteiger partial charge in [-0.3, -0.25) is 19.1 Å². The monoisotopic (exact) mass is 501 g/mol. The molecule has 1 aromatic carbocycles. The van der Waals surface area contributed by atoms with Gasteiger partial charge in [0.1, 0.15) is 41.6 Å². The van der Waals surface area contributed by atoms with Crippen LogP contribution in [0.15, 0.2) is 53.6 Å². The van der Waals surface area contributed by atoms with Crippen LogP contribution in [0.5, 0.6) is 0 Å². The third-order valence-electron chi connectivity index (χ3n) is 7.69. The van der Waals surface area contributed by atoms with Gasteiger partial charge < -0.3 is 21.1 Å². The zero-order valence-electron chi connectivity index (χ0n) is 20.4. The molecule has 2 amide bonds. The zero-order valence-corrected chi connectivity index (χ0v) is 20.4. The van der Waals surface area contributed by atoms with Crippen molar-refractivity contribution in [2.24, 2.45) is 0 Å². The minimum Gasteiger partial charge on any atom is -0.445 e. The summed E-state index contributed by atoms with van der Waals surface area (Å²) < 4.78 is 7.11. The van der Waals surface area contributed by atoms with Crippen LogP contribution >= 0.6 is 0 Å². The summed E-state index contributed by atoms with van der Waals surface area (Å²) in [6, 6.07) is 12.8. The van der Waals surface area contributed by atoms with Crippen molar-refractivity contribution in [3.63, 3.8) is 0 Å². The third-order valence-corrected chi connectivity index (χ3v) is 7.69. The van der Waals surface area contributed by atoms with Gasteiger partial charge in [0.05, 0.1) is 5.54 Å². The SMILES string of the molecule is Cc1cc(Nc2cc(N)ncn2)c(=O)n2c1C(=O)NC21CCC2(CC1)CN2C(=O)OCc1ccccc1. The van der Waals surface area contributed by atoms with Crippen LogP contribution < -0.4 is 21.9 Å². The molecule has 3 aromatic rings. The number of amides is 2. The summed E-state index contributed by atoms with van der Waals surface area (Å²) in [6.45, 7) is 2.64. The quantitative estimate of drug-likeness (QED) is 0.463. The van der Waals surface area contributed by atoms with Gasteiger partial charge in [0, 0.05) is 12.6 Å². The van der Waals surface area contributed by atoms with Crippen molar-refractivity contribution in [3.8, 4) is 0 Å². The van der Waals surface area contributed by atoms with Gasteiger partial charge >= 0.3 is 6.09 Å². The van der Waals surface area contributed by atoms with E-state index in [1.165, 1.54) is 12.4 Å². The number of anilines is 3. The summed E-state index contributed by atoms with van der Waals surface area (Å²) in [7, 11) is 0. The third kappa shape index (κ3) is 3.87. The molecular formula is C26H27N7O4. The van der Waals surface area contributed by atoms with Crippen LogP contribution in [0.3, 0.4) is 0 Å². The van der Waals surface area contributed by atoms with Gasteiger partial charge in [-0.25, -0.2) is 14.8 Å². The Morgan fingerprint density at radius 2 is 1.89 bits per heavy atom. The number of nitrogens with two attached hydrogens (primary N) is 1. The van der Waals surface area contributed by atoms with E-state index >= 15 is 0 Å². The van der Waals surface area contributed by atoms with Crippen molar-refractivity contribution in [1.29, 1.82) is 0 Å². The average Bonchev–Trinajstić information content (AvgIpc) is 3.52. The Balaban J connectivity index is 1.21. The van der Waals surface area contributed by atoms with Crippen LogP contribution in [0, 0.1) is 6.92 Å². The predicted molar refractivity (Wildman–Crippen MR) is 135 cm³/mol. The summed E-state index contributed by atoms with van der Waals surface area (Å²) in [5.41, 5.74) is 6.57. The smallest absolute Gasteiger partial charge is 0.410 e. The fourth-order valence-corrected chi connectivity index (χ4v) is 5.65. The molecular weight excluding hydrogens is 474 g/mol. The standard InChI is InChI=1S/C26H27N7O4/c1-16-11-18(30-20-12-19(27)28-15-29-20)23(35)33-21(16)22(34)31-26(33)9-7-25(8-10-26)14-32(25)24(36)37-13-17-5-3-2-4-6-17/h2-6,11-12,15H,7-10,13-14H2,1H3,(H,31,34)(H3,27,28,29,30). The lowest BCUT2D eigenvalue weighted by Gasteiger charge is -2.38. The van der Waals surface area contributed by atoms with Gasteiger partial charge in [0.15, 0.2) is 0 Å². The fraction of sp³-hybridized carbons (Fsp3) is 0.346. The van der Waals surface area contributed by atoms with E-state index in [4.69, 9.17) is 10.5 Å². The number of ether oxygens (including phenoxy) is 1. The van der Waals surface area contributed by atoms with Gasteiger partial charge in [0.2, 0.25) is 0 Å². The van der Waals surface area contributed by atoms with Crippen molar-refractivity contribution in [1.82, 2.24) is 24.8 Å². The van der Waals surface area contributed by atoms with E-state index in [1.807, 2.05) is 30.3 Å². The van der Waals surface area contributed by atoms with Gasteiger partial charge in [-0.1, -0.05) is 30.3 Å². The van der Waals surface area contributed by atoms with Gasteiger partial charge in [0.25, 0.3) is 11.5 Å². The van der Waals surface area contributed by atoms with Crippen LogP contribution in [0.4, 0.5) is 22.1 Å². The van der Waals surface area contributed by atoms with Gasteiger partial charge in [-0.05, 0) is 49.8 Å². The summed E-state index contributed by atoms with van der Waals surface area (Å²) in [5, 5.41) is 6.11. The van der Waals surface area contributed by atoms with Crippen molar-refractivity contribution in [3.05, 3.63) is 76.0 Å². The molecule has 0 atom stereocenters. The van der Waals surface area contributed by atoms with Crippen LogP contribution in [-0.2, 0) is 17.0 Å². The Labute approximate surface area is 212 Å². The molecule has 2 aliphatic heterocycles. The van der Waals surface area contributed by atoms with E-state index in [2.05, 4.69) is 20.6 Å². The lowest BCUT2D eigenvalue weighted by atomic mass is 9.81. The van der Waals surface area contributed by atoms with Crippen molar-refractivity contribution >= 4 is 29.3 Å². The number of nitrogens with one attached hydrogen (secondary N) is 2. The van der Waals surface area contributed by atoms with Gasteiger partial charge in [-0.2, -0.15) is 0 Å². The zero-order chi connectivity index (χ0) is 25.8. The molecule has 11 nitrogen and oxygen atoms in total. The second-order valence-corrected chi connectivity index (χ2v) is 10.0. The molecule has 1 saturated heterocycles. The maximum Gasteiger partial charge on any atom is 0.410 e. The molecule has 37 heavy (non-hydrogen) atoms. The number of hydrogen-bond acceptors (Lipinski definition) is 8. The molecule has 4 heterocycles. The van der Waals surface area contributed by atoms with Crippen molar-refractivity contribution in [2.45, 2.75) is 50.4 Å². The molecule has 4 N–H and O–H groups in total. The number of nitrogen functional groups attached to an aromatic ring is 1. The molecule has 1 aliphatic carbocycles. The van der Waals surface area contributed by atoms with Crippen LogP contribution in [-0.4, -0.2) is 43.5 Å². The Morgan fingerprint density at radius 1 is 1.14 bits per heavy atom. The van der Waals surface area contributed by atoms with Gasteiger partial charge in [-0.15, -0.1) is 0 Å². The Hall–Kier alpha value is -4.41. The first kappa shape index (κ1) is 23.0. The van der Waals surface area contributed by atoms with E-state index in [0.29, 0.717) is 55.0 Å². The highest BCUT2D eigenvalue weighted by Crippen LogP contribution is 2.50.